The maximum atomic E-state index is 13.1. The number of nitrogens with one attached hydrogen (secondary N) is 1. The fourth-order valence-corrected chi connectivity index (χ4v) is 1.10. The molecule has 1 rings (SSSR count). The third kappa shape index (κ3) is 2.60. The van der Waals surface area contributed by atoms with Gasteiger partial charge in [-0.2, -0.15) is 0 Å². The van der Waals surface area contributed by atoms with E-state index in [1.54, 1.807) is 6.92 Å². The summed E-state index contributed by atoms with van der Waals surface area (Å²) in [5, 5.41) is 2.35. The molecule has 0 aliphatic heterocycles. The number of para-hydroxylation sites is 1. The van der Waals surface area contributed by atoms with Gasteiger partial charge in [-0.05, 0) is 19.1 Å². The first-order valence-corrected chi connectivity index (χ1v) is 4.40. The van der Waals surface area contributed by atoms with Crippen molar-refractivity contribution in [1.29, 1.82) is 0 Å². The molecule has 0 saturated carbocycles. The largest absolute Gasteiger partial charge is 0.450 e. The molecule has 0 unspecified atom stereocenters. The van der Waals surface area contributed by atoms with Crippen molar-refractivity contribution in [3.05, 3.63) is 29.0 Å². The van der Waals surface area contributed by atoms with Gasteiger partial charge in [0, 0.05) is 0 Å². The van der Waals surface area contributed by atoms with Gasteiger partial charge < -0.3 is 4.74 Å². The minimum Gasteiger partial charge on any atom is -0.450 e. The molecule has 0 saturated heterocycles. The number of rotatable bonds is 2. The van der Waals surface area contributed by atoms with Crippen LogP contribution in [0.5, 0.6) is 0 Å². The summed E-state index contributed by atoms with van der Waals surface area (Å²) >= 11 is 5.66. The summed E-state index contributed by atoms with van der Waals surface area (Å²) in [6.45, 7) is 1.88. The molecular weight excluding hydrogens is 209 g/mol. The monoisotopic (exact) mass is 217 g/mol. The zero-order valence-electron chi connectivity index (χ0n) is 7.51. The van der Waals surface area contributed by atoms with Crippen molar-refractivity contribution in [2.75, 3.05) is 11.9 Å². The molecule has 0 spiro atoms. The van der Waals surface area contributed by atoms with Gasteiger partial charge in [0.25, 0.3) is 0 Å². The Kier molecular flexibility index (Phi) is 3.71. The Labute approximate surface area is 85.8 Å². The van der Waals surface area contributed by atoms with Crippen LogP contribution in [0.3, 0.4) is 0 Å². The quantitative estimate of drug-likeness (QED) is 0.827. The van der Waals surface area contributed by atoms with E-state index in [2.05, 4.69) is 10.1 Å². The van der Waals surface area contributed by atoms with Gasteiger partial charge >= 0.3 is 6.09 Å². The fraction of sp³-hybridized carbons (Fsp3) is 0.222. The molecule has 0 aromatic heterocycles. The Morgan fingerprint density at radius 2 is 2.36 bits per heavy atom. The van der Waals surface area contributed by atoms with Gasteiger partial charge in [-0.3, -0.25) is 5.32 Å². The van der Waals surface area contributed by atoms with Gasteiger partial charge in [-0.1, -0.05) is 17.7 Å². The van der Waals surface area contributed by atoms with Gasteiger partial charge in [0.05, 0.1) is 17.3 Å². The number of anilines is 1. The van der Waals surface area contributed by atoms with Crippen molar-refractivity contribution < 1.29 is 13.9 Å². The normalized spacial score (nSPS) is 9.64. The summed E-state index contributed by atoms with van der Waals surface area (Å²) in [5.74, 6) is -0.592. The maximum Gasteiger partial charge on any atom is 0.411 e. The molecule has 0 radical (unpaired) electrons. The van der Waals surface area contributed by atoms with Crippen molar-refractivity contribution in [2.24, 2.45) is 0 Å². The van der Waals surface area contributed by atoms with Crippen LogP contribution in [-0.2, 0) is 4.74 Å². The van der Waals surface area contributed by atoms with E-state index in [0.717, 1.165) is 0 Å². The van der Waals surface area contributed by atoms with Crippen LogP contribution in [0.4, 0.5) is 14.9 Å². The third-order valence-electron chi connectivity index (χ3n) is 1.47. The van der Waals surface area contributed by atoms with Crippen LogP contribution in [0, 0.1) is 5.82 Å². The molecule has 1 aromatic rings. The van der Waals surface area contributed by atoms with E-state index in [1.165, 1.54) is 18.2 Å². The van der Waals surface area contributed by atoms with Crippen molar-refractivity contribution in [2.45, 2.75) is 6.92 Å². The van der Waals surface area contributed by atoms with Crippen molar-refractivity contribution in [1.82, 2.24) is 0 Å². The van der Waals surface area contributed by atoms with E-state index in [-0.39, 0.29) is 17.3 Å². The zero-order valence-corrected chi connectivity index (χ0v) is 8.27. The highest BCUT2D eigenvalue weighted by atomic mass is 35.5. The average molecular weight is 218 g/mol. The van der Waals surface area contributed by atoms with Crippen LogP contribution in [-0.4, -0.2) is 12.7 Å². The summed E-state index contributed by atoms with van der Waals surface area (Å²) in [4.78, 5) is 11.0. The SMILES string of the molecule is CCOC(=O)Nc1c(F)cccc1Cl. The van der Waals surface area contributed by atoms with Gasteiger partial charge in [-0.25, -0.2) is 9.18 Å². The zero-order chi connectivity index (χ0) is 10.6. The third-order valence-corrected chi connectivity index (χ3v) is 1.78. The van der Waals surface area contributed by atoms with Gasteiger partial charge in [0.2, 0.25) is 0 Å². The summed E-state index contributed by atoms with van der Waals surface area (Å²) < 4.78 is 17.7. The Morgan fingerprint density at radius 3 is 2.93 bits per heavy atom. The number of halogens is 2. The topological polar surface area (TPSA) is 38.3 Å². The number of hydrogen-bond acceptors (Lipinski definition) is 2. The highest BCUT2D eigenvalue weighted by molar-refractivity contribution is 6.33. The smallest absolute Gasteiger partial charge is 0.411 e. The van der Waals surface area contributed by atoms with E-state index in [4.69, 9.17) is 11.6 Å². The van der Waals surface area contributed by atoms with Crippen LogP contribution in [0.25, 0.3) is 0 Å². The molecule has 5 heteroatoms. The van der Waals surface area contributed by atoms with E-state index in [9.17, 15) is 9.18 Å². The highest BCUT2D eigenvalue weighted by Crippen LogP contribution is 2.24. The molecule has 14 heavy (non-hydrogen) atoms. The summed E-state index contributed by atoms with van der Waals surface area (Å²) in [6, 6.07) is 4.13. The first-order chi connectivity index (χ1) is 6.65. The first-order valence-electron chi connectivity index (χ1n) is 4.03. The number of carbonyl (C=O) groups is 1. The molecule has 3 nitrogen and oxygen atoms in total. The lowest BCUT2D eigenvalue weighted by molar-refractivity contribution is 0.168. The second-order valence-corrected chi connectivity index (χ2v) is 2.85. The van der Waals surface area contributed by atoms with E-state index < -0.39 is 11.9 Å². The number of amides is 1. The standard InChI is InChI=1S/C9H9ClFNO2/c1-2-14-9(13)12-8-6(10)4-3-5-7(8)11/h3-5H,2H2,1H3,(H,12,13). The summed E-state index contributed by atoms with van der Waals surface area (Å²) in [5.41, 5.74) is -0.0624. The van der Waals surface area contributed by atoms with E-state index >= 15 is 0 Å². The lowest BCUT2D eigenvalue weighted by atomic mass is 10.3. The minimum absolute atomic E-state index is 0.0624. The fourth-order valence-electron chi connectivity index (χ4n) is 0.886. The van der Waals surface area contributed by atoms with Crippen LogP contribution >= 0.6 is 11.6 Å². The van der Waals surface area contributed by atoms with Crippen LogP contribution in [0.1, 0.15) is 6.92 Å². The molecule has 1 amide bonds. The average Bonchev–Trinajstić information content (AvgIpc) is 2.12. The molecule has 0 heterocycles. The molecule has 76 valence electrons. The lowest BCUT2D eigenvalue weighted by Gasteiger charge is -2.07. The molecular formula is C9H9ClFNO2. The summed E-state index contributed by atoms with van der Waals surface area (Å²) in [6.07, 6.45) is -0.723. The second kappa shape index (κ2) is 4.81. The Morgan fingerprint density at radius 1 is 1.64 bits per heavy atom. The lowest BCUT2D eigenvalue weighted by Crippen LogP contribution is -2.14. The van der Waals surface area contributed by atoms with E-state index in [1.807, 2.05) is 0 Å². The number of hydrogen-bond donors (Lipinski definition) is 1. The van der Waals surface area contributed by atoms with Crippen molar-refractivity contribution >= 4 is 23.4 Å². The predicted octanol–water partition coefficient (Wildman–Crippen LogP) is 3.05. The molecule has 0 aliphatic rings. The first kappa shape index (κ1) is 10.8. The number of carbonyl (C=O) groups excluding carboxylic acids is 1. The molecule has 1 aromatic carbocycles. The molecule has 0 bridgehead atoms. The maximum absolute atomic E-state index is 13.1. The van der Waals surface area contributed by atoms with Crippen molar-refractivity contribution in [3.8, 4) is 0 Å². The Bertz CT molecular complexity index is 323. The predicted molar refractivity (Wildman–Crippen MR) is 52.1 cm³/mol. The van der Waals surface area contributed by atoms with Gasteiger partial charge in [0.15, 0.2) is 0 Å². The van der Waals surface area contributed by atoms with Crippen LogP contribution < -0.4 is 5.32 Å². The Hall–Kier alpha value is -1.29. The van der Waals surface area contributed by atoms with Crippen molar-refractivity contribution in [3.63, 3.8) is 0 Å². The molecule has 0 atom stereocenters. The molecule has 0 fully saturated rings. The second-order valence-electron chi connectivity index (χ2n) is 2.44. The number of ether oxygens (including phenoxy) is 1. The minimum atomic E-state index is -0.723. The molecule has 0 aliphatic carbocycles. The highest BCUT2D eigenvalue weighted by Gasteiger charge is 2.10. The van der Waals surface area contributed by atoms with Crippen LogP contribution in [0.2, 0.25) is 5.02 Å². The van der Waals surface area contributed by atoms with Crippen LogP contribution in [0.15, 0.2) is 18.2 Å². The van der Waals surface area contributed by atoms with E-state index in [0.29, 0.717) is 0 Å². The van der Waals surface area contributed by atoms with Gasteiger partial charge in [-0.15, -0.1) is 0 Å². The molecule has 1 N–H and O–H groups in total. The van der Waals surface area contributed by atoms with Gasteiger partial charge in [0.1, 0.15) is 5.82 Å². The summed E-state index contributed by atoms with van der Waals surface area (Å²) in [7, 11) is 0. The number of benzene rings is 1. The Balaban J connectivity index is 2.80.